The summed E-state index contributed by atoms with van der Waals surface area (Å²) in [7, 11) is 0. The molecule has 3 aromatic carbocycles. The topological polar surface area (TPSA) is 46.5 Å². The molecule has 1 N–H and O–H groups in total. The number of ether oxygens (including phenoxy) is 1. The van der Waals surface area contributed by atoms with Gasteiger partial charge in [-0.05, 0) is 16.8 Å². The Morgan fingerprint density at radius 1 is 0.947 bits per heavy atom. The van der Waals surface area contributed by atoms with Gasteiger partial charge in [0.25, 0.3) is 0 Å². The molecule has 0 aliphatic rings. The van der Waals surface area contributed by atoms with Crippen LogP contribution in [0.5, 0.6) is 5.75 Å². The molecule has 19 heavy (non-hydrogen) atoms. The Morgan fingerprint density at radius 2 is 1.47 bits per heavy atom. The lowest BCUT2D eigenvalue weighted by Crippen LogP contribution is -2.09. The standard InChI is InChI=1S/C16H12O3/c17-15(18)10-19-16-13-7-3-1-5-11(13)9-12-6-2-4-8-14(12)16/h1-9H,10H2,(H,17,18). The molecule has 3 aromatic rings. The SMILES string of the molecule is O=C(O)COc1c2ccccc2cc2ccccc12. The molecular formula is C16H12O3. The number of benzene rings is 3. The van der Waals surface area contributed by atoms with Gasteiger partial charge in [0.2, 0.25) is 0 Å². The minimum atomic E-state index is -0.975. The molecule has 0 aliphatic carbocycles. The molecule has 0 bridgehead atoms. The molecule has 0 atom stereocenters. The molecule has 0 saturated heterocycles. The van der Waals surface area contributed by atoms with Crippen LogP contribution in [-0.2, 0) is 4.79 Å². The third kappa shape index (κ3) is 2.10. The van der Waals surface area contributed by atoms with Crippen molar-refractivity contribution in [1.82, 2.24) is 0 Å². The first-order valence-corrected chi connectivity index (χ1v) is 6.01. The lowest BCUT2D eigenvalue weighted by molar-refractivity contribution is -0.139. The zero-order valence-electron chi connectivity index (χ0n) is 10.2. The first-order valence-electron chi connectivity index (χ1n) is 6.01. The first-order chi connectivity index (χ1) is 9.25. The van der Waals surface area contributed by atoms with E-state index in [0.717, 1.165) is 21.5 Å². The number of hydrogen-bond donors (Lipinski definition) is 1. The Kier molecular flexibility index (Phi) is 2.80. The summed E-state index contributed by atoms with van der Waals surface area (Å²) >= 11 is 0. The van der Waals surface area contributed by atoms with Crippen LogP contribution in [0.25, 0.3) is 21.5 Å². The molecule has 0 radical (unpaired) electrons. The normalized spacial score (nSPS) is 10.7. The molecule has 0 amide bonds. The average molecular weight is 252 g/mol. The van der Waals surface area contributed by atoms with Crippen LogP contribution in [0.4, 0.5) is 0 Å². The Balaban J connectivity index is 2.29. The number of carbonyl (C=O) groups is 1. The van der Waals surface area contributed by atoms with Crippen LogP contribution in [0.3, 0.4) is 0 Å². The summed E-state index contributed by atoms with van der Waals surface area (Å²) in [6.45, 7) is -0.335. The molecule has 3 nitrogen and oxygen atoms in total. The highest BCUT2D eigenvalue weighted by Crippen LogP contribution is 2.34. The fourth-order valence-electron chi connectivity index (χ4n) is 2.26. The lowest BCUT2D eigenvalue weighted by atomic mass is 10.0. The van der Waals surface area contributed by atoms with Crippen molar-refractivity contribution in [2.24, 2.45) is 0 Å². The van der Waals surface area contributed by atoms with Gasteiger partial charge in [-0.15, -0.1) is 0 Å². The molecule has 0 fully saturated rings. The number of hydrogen-bond acceptors (Lipinski definition) is 2. The van der Waals surface area contributed by atoms with E-state index in [4.69, 9.17) is 9.84 Å². The van der Waals surface area contributed by atoms with Crippen molar-refractivity contribution >= 4 is 27.5 Å². The molecule has 0 saturated carbocycles. The van der Waals surface area contributed by atoms with E-state index >= 15 is 0 Å². The van der Waals surface area contributed by atoms with Crippen molar-refractivity contribution in [3.63, 3.8) is 0 Å². The predicted molar refractivity (Wildman–Crippen MR) is 74.6 cm³/mol. The smallest absolute Gasteiger partial charge is 0.341 e. The van der Waals surface area contributed by atoms with Crippen molar-refractivity contribution in [1.29, 1.82) is 0 Å². The second-order valence-corrected chi connectivity index (χ2v) is 4.33. The summed E-state index contributed by atoms with van der Waals surface area (Å²) in [5, 5.41) is 12.7. The van der Waals surface area contributed by atoms with Gasteiger partial charge in [-0.2, -0.15) is 0 Å². The van der Waals surface area contributed by atoms with Crippen molar-refractivity contribution in [2.75, 3.05) is 6.61 Å². The van der Waals surface area contributed by atoms with Crippen LogP contribution in [-0.4, -0.2) is 17.7 Å². The third-order valence-electron chi connectivity index (χ3n) is 3.06. The summed E-state index contributed by atoms with van der Waals surface area (Å²) in [5.74, 6) is -0.340. The van der Waals surface area contributed by atoms with Gasteiger partial charge in [0.15, 0.2) is 6.61 Å². The molecule has 3 rings (SSSR count). The third-order valence-corrected chi connectivity index (χ3v) is 3.06. The molecular weight excluding hydrogens is 240 g/mol. The minimum Gasteiger partial charge on any atom is -0.481 e. The number of fused-ring (bicyclic) bond motifs is 2. The molecule has 0 spiro atoms. The lowest BCUT2D eigenvalue weighted by Gasteiger charge is -2.11. The van der Waals surface area contributed by atoms with Gasteiger partial charge in [-0.1, -0.05) is 48.5 Å². The highest BCUT2D eigenvalue weighted by atomic mass is 16.5. The molecule has 0 unspecified atom stereocenters. The van der Waals surface area contributed by atoms with E-state index in [2.05, 4.69) is 6.07 Å². The molecule has 0 aromatic heterocycles. The second-order valence-electron chi connectivity index (χ2n) is 4.33. The van der Waals surface area contributed by atoms with Crippen molar-refractivity contribution in [3.8, 4) is 5.75 Å². The van der Waals surface area contributed by atoms with Crippen LogP contribution in [0.1, 0.15) is 0 Å². The quantitative estimate of drug-likeness (QED) is 0.726. The summed E-state index contributed by atoms with van der Waals surface area (Å²) in [4.78, 5) is 10.7. The van der Waals surface area contributed by atoms with Crippen molar-refractivity contribution in [3.05, 3.63) is 54.6 Å². The van der Waals surface area contributed by atoms with E-state index in [-0.39, 0.29) is 6.61 Å². The zero-order valence-corrected chi connectivity index (χ0v) is 10.2. The number of aliphatic carboxylic acids is 1. The van der Waals surface area contributed by atoms with Crippen LogP contribution in [0.2, 0.25) is 0 Å². The Labute approximate surface area is 110 Å². The highest BCUT2D eigenvalue weighted by molar-refractivity contribution is 6.05. The number of carboxylic acid groups (broad SMARTS) is 1. The van der Waals surface area contributed by atoms with Gasteiger partial charge in [0, 0.05) is 10.8 Å². The molecule has 94 valence electrons. The Morgan fingerprint density at radius 3 is 2.00 bits per heavy atom. The van der Waals surface area contributed by atoms with Crippen LogP contribution in [0.15, 0.2) is 54.6 Å². The number of rotatable bonds is 3. The maximum Gasteiger partial charge on any atom is 0.341 e. The number of carboxylic acids is 1. The van der Waals surface area contributed by atoms with Gasteiger partial charge < -0.3 is 9.84 Å². The predicted octanol–water partition coefficient (Wildman–Crippen LogP) is 3.46. The largest absolute Gasteiger partial charge is 0.481 e. The first kappa shape index (κ1) is 11.5. The summed E-state index contributed by atoms with van der Waals surface area (Å²) in [6.07, 6.45) is 0. The van der Waals surface area contributed by atoms with Crippen LogP contribution in [0, 0.1) is 0 Å². The maximum atomic E-state index is 10.7. The average Bonchev–Trinajstić information content (AvgIpc) is 2.43. The maximum absolute atomic E-state index is 10.7. The summed E-state index contributed by atoms with van der Waals surface area (Å²) < 4.78 is 5.49. The van der Waals surface area contributed by atoms with Gasteiger partial charge in [0.1, 0.15) is 5.75 Å². The second kappa shape index (κ2) is 4.61. The van der Waals surface area contributed by atoms with E-state index in [0.29, 0.717) is 5.75 Å². The Hall–Kier alpha value is -2.55. The van der Waals surface area contributed by atoms with Gasteiger partial charge in [0.05, 0.1) is 0 Å². The van der Waals surface area contributed by atoms with E-state index < -0.39 is 5.97 Å². The van der Waals surface area contributed by atoms with Gasteiger partial charge in [-0.3, -0.25) is 0 Å². The summed E-state index contributed by atoms with van der Waals surface area (Å²) in [6, 6.07) is 17.7. The van der Waals surface area contributed by atoms with Gasteiger partial charge in [-0.25, -0.2) is 4.79 Å². The zero-order chi connectivity index (χ0) is 13.2. The van der Waals surface area contributed by atoms with E-state index in [1.54, 1.807) is 0 Å². The molecule has 0 aliphatic heterocycles. The fraction of sp³-hybridized carbons (Fsp3) is 0.0625. The fourth-order valence-corrected chi connectivity index (χ4v) is 2.26. The van der Waals surface area contributed by atoms with Gasteiger partial charge >= 0.3 is 5.97 Å². The minimum absolute atomic E-state index is 0.335. The highest BCUT2D eigenvalue weighted by Gasteiger charge is 2.09. The van der Waals surface area contributed by atoms with Crippen LogP contribution >= 0.6 is 0 Å². The van der Waals surface area contributed by atoms with Crippen molar-refractivity contribution in [2.45, 2.75) is 0 Å². The molecule has 3 heteroatoms. The molecule has 0 heterocycles. The Bertz CT molecular complexity index is 708. The van der Waals surface area contributed by atoms with E-state index in [9.17, 15) is 4.79 Å². The van der Waals surface area contributed by atoms with E-state index in [1.807, 2.05) is 48.5 Å². The summed E-state index contributed by atoms with van der Waals surface area (Å²) in [5.41, 5.74) is 0. The van der Waals surface area contributed by atoms with Crippen molar-refractivity contribution < 1.29 is 14.6 Å². The monoisotopic (exact) mass is 252 g/mol. The van der Waals surface area contributed by atoms with E-state index in [1.165, 1.54) is 0 Å². The van der Waals surface area contributed by atoms with Crippen LogP contribution < -0.4 is 4.74 Å².